The number of carbonyl (C=O) groups is 5. The topological polar surface area (TPSA) is 190 Å². The molecule has 48 heavy (non-hydrogen) atoms. The summed E-state index contributed by atoms with van der Waals surface area (Å²) in [5, 5.41) is 22.8. The SMILES string of the molecule is CCCCCCCCCCCCCC(=O)C(C(=O)O)(C(=O)CCCCCCCCCCCCC)[C@H](NC(=O)[C@@H](N)CCCCN)C(=O)O. The van der Waals surface area contributed by atoms with Crippen LogP contribution in [0.1, 0.15) is 187 Å². The van der Waals surface area contributed by atoms with Gasteiger partial charge in [0, 0.05) is 12.8 Å². The molecule has 0 aliphatic carbocycles. The Hall–Kier alpha value is -2.33. The van der Waals surface area contributed by atoms with E-state index in [2.05, 4.69) is 19.2 Å². The van der Waals surface area contributed by atoms with E-state index in [4.69, 9.17) is 11.5 Å². The number of hydrogen-bond donors (Lipinski definition) is 5. The summed E-state index contributed by atoms with van der Waals surface area (Å²) in [5.74, 6) is -6.44. The van der Waals surface area contributed by atoms with E-state index >= 15 is 0 Å². The lowest BCUT2D eigenvalue weighted by Crippen LogP contribution is -2.65. The third-order valence-electron chi connectivity index (χ3n) is 9.50. The maximum absolute atomic E-state index is 13.8. The molecule has 0 saturated carbocycles. The summed E-state index contributed by atoms with van der Waals surface area (Å²) in [7, 11) is 0. The minimum atomic E-state index is -2.92. The van der Waals surface area contributed by atoms with E-state index < -0.39 is 46.9 Å². The smallest absolute Gasteiger partial charge is 0.328 e. The molecule has 0 fully saturated rings. The lowest BCUT2D eigenvalue weighted by molar-refractivity contribution is -0.169. The van der Waals surface area contributed by atoms with Crippen molar-refractivity contribution in [1.82, 2.24) is 5.32 Å². The van der Waals surface area contributed by atoms with Crippen LogP contribution in [0.5, 0.6) is 0 Å². The first-order chi connectivity index (χ1) is 23.1. The van der Waals surface area contributed by atoms with Gasteiger partial charge in [-0.3, -0.25) is 19.2 Å². The van der Waals surface area contributed by atoms with Crippen LogP contribution in [0, 0.1) is 5.41 Å². The number of unbranched alkanes of at least 4 members (excludes halogenated alkanes) is 21. The van der Waals surface area contributed by atoms with E-state index in [0.29, 0.717) is 45.1 Å². The highest BCUT2D eigenvalue weighted by Crippen LogP contribution is 2.32. The highest BCUT2D eigenvalue weighted by atomic mass is 16.4. The van der Waals surface area contributed by atoms with Crippen LogP contribution >= 0.6 is 0 Å². The van der Waals surface area contributed by atoms with Crippen LogP contribution in [0.15, 0.2) is 0 Å². The van der Waals surface area contributed by atoms with Crippen LogP contribution in [0.2, 0.25) is 0 Å². The van der Waals surface area contributed by atoms with Crippen molar-refractivity contribution in [2.24, 2.45) is 16.9 Å². The van der Waals surface area contributed by atoms with Gasteiger partial charge in [0.05, 0.1) is 6.04 Å². The van der Waals surface area contributed by atoms with E-state index in [1.165, 1.54) is 64.2 Å². The minimum Gasteiger partial charge on any atom is -0.480 e. The first-order valence-corrected chi connectivity index (χ1v) is 19.4. The number of nitrogens with two attached hydrogens (primary N) is 2. The molecule has 0 saturated heterocycles. The van der Waals surface area contributed by atoms with E-state index in [9.17, 15) is 34.2 Å². The maximum Gasteiger partial charge on any atom is 0.328 e. The van der Waals surface area contributed by atoms with Crippen LogP contribution in [0.3, 0.4) is 0 Å². The van der Waals surface area contributed by atoms with Gasteiger partial charge in [-0.1, -0.05) is 149 Å². The van der Waals surface area contributed by atoms with Crippen molar-refractivity contribution in [1.29, 1.82) is 0 Å². The average molecular weight is 682 g/mol. The number of rotatable bonds is 35. The Balaban J connectivity index is 5.46. The molecule has 0 aromatic carbocycles. The Morgan fingerprint density at radius 2 is 0.917 bits per heavy atom. The number of amides is 1. The molecule has 10 nitrogen and oxygen atoms in total. The predicted molar refractivity (Wildman–Crippen MR) is 193 cm³/mol. The normalized spacial score (nSPS) is 12.8. The molecule has 0 heterocycles. The van der Waals surface area contributed by atoms with Gasteiger partial charge in [-0.05, 0) is 32.2 Å². The quantitative estimate of drug-likeness (QED) is 0.0331. The van der Waals surface area contributed by atoms with Gasteiger partial charge >= 0.3 is 11.9 Å². The number of carboxylic acid groups (broad SMARTS) is 2. The molecule has 2 atom stereocenters. The van der Waals surface area contributed by atoms with Crippen LogP contribution in [-0.4, -0.2) is 58.3 Å². The van der Waals surface area contributed by atoms with Crippen molar-refractivity contribution in [3.05, 3.63) is 0 Å². The molecule has 1 amide bonds. The zero-order valence-corrected chi connectivity index (χ0v) is 30.5. The predicted octanol–water partition coefficient (Wildman–Crippen LogP) is 7.62. The third kappa shape index (κ3) is 19.0. The fraction of sp³-hybridized carbons (Fsp3) is 0.868. The number of hydrogen-bond acceptors (Lipinski definition) is 7. The maximum atomic E-state index is 13.8. The number of nitrogens with one attached hydrogen (secondary N) is 1. The first kappa shape index (κ1) is 45.7. The van der Waals surface area contributed by atoms with Crippen molar-refractivity contribution in [2.75, 3.05) is 6.54 Å². The molecule has 0 rings (SSSR count). The van der Waals surface area contributed by atoms with Crippen molar-refractivity contribution in [2.45, 2.75) is 199 Å². The van der Waals surface area contributed by atoms with Crippen molar-refractivity contribution in [3.63, 3.8) is 0 Å². The van der Waals surface area contributed by atoms with E-state index in [1.54, 1.807) is 0 Å². The van der Waals surface area contributed by atoms with Crippen LogP contribution < -0.4 is 16.8 Å². The number of carbonyl (C=O) groups excluding carboxylic acids is 3. The highest BCUT2D eigenvalue weighted by Gasteiger charge is 2.60. The number of ketones is 2. The minimum absolute atomic E-state index is 0.203. The summed E-state index contributed by atoms with van der Waals surface area (Å²) in [6, 6.07) is -3.39. The van der Waals surface area contributed by atoms with E-state index in [-0.39, 0.29) is 19.3 Å². The van der Waals surface area contributed by atoms with Gasteiger partial charge in [0.2, 0.25) is 11.3 Å². The molecule has 280 valence electrons. The second kappa shape index (κ2) is 29.6. The third-order valence-corrected chi connectivity index (χ3v) is 9.50. The summed E-state index contributed by atoms with van der Waals surface area (Å²) in [6.07, 6.45) is 23.5. The lowest BCUT2D eigenvalue weighted by Gasteiger charge is -2.33. The van der Waals surface area contributed by atoms with Crippen LogP contribution in [0.25, 0.3) is 0 Å². The van der Waals surface area contributed by atoms with Gasteiger partial charge in [0.25, 0.3) is 0 Å². The fourth-order valence-corrected chi connectivity index (χ4v) is 6.38. The Bertz CT molecular complexity index is 858. The average Bonchev–Trinajstić information content (AvgIpc) is 3.05. The molecule has 0 spiro atoms. The number of carboxylic acids is 2. The number of aliphatic carboxylic acids is 2. The Morgan fingerprint density at radius 1 is 0.562 bits per heavy atom. The molecule has 0 aromatic rings. The summed E-state index contributed by atoms with van der Waals surface area (Å²) in [6.45, 7) is 4.79. The van der Waals surface area contributed by atoms with Gasteiger partial charge in [-0.2, -0.15) is 0 Å². The summed E-state index contributed by atoms with van der Waals surface area (Å²) < 4.78 is 0. The Kier molecular flexibility index (Phi) is 28.1. The Labute approximate surface area is 291 Å². The molecular formula is C38H71N3O7. The van der Waals surface area contributed by atoms with Gasteiger partial charge in [-0.15, -0.1) is 0 Å². The van der Waals surface area contributed by atoms with Gasteiger partial charge < -0.3 is 27.0 Å². The molecule has 0 radical (unpaired) electrons. The van der Waals surface area contributed by atoms with Crippen LogP contribution in [0.4, 0.5) is 0 Å². The highest BCUT2D eigenvalue weighted by molar-refractivity contribution is 6.25. The van der Waals surface area contributed by atoms with Gasteiger partial charge in [-0.25, -0.2) is 4.79 Å². The molecule has 0 aromatic heterocycles. The molecular weight excluding hydrogens is 610 g/mol. The van der Waals surface area contributed by atoms with Crippen molar-refractivity contribution in [3.8, 4) is 0 Å². The summed E-state index contributed by atoms with van der Waals surface area (Å²) >= 11 is 0. The second-order valence-corrected chi connectivity index (χ2v) is 13.7. The standard InChI is InChI=1S/C38H71N3O7/c1-3-5-7-9-11-13-15-17-19-21-23-28-32(42)38(37(47)48,34(36(45)46)41-35(44)31(40)27-25-26-30-39)33(43)29-24-22-20-18-16-14-12-10-8-6-4-2/h31,34H,3-30,39-40H2,1-2H3,(H,41,44)(H,45,46)(H,47,48)/t31-,34+/m0/s1. The zero-order chi connectivity index (χ0) is 36.0. The molecule has 10 heteroatoms. The monoisotopic (exact) mass is 682 g/mol. The van der Waals surface area contributed by atoms with Crippen LogP contribution in [-0.2, 0) is 24.0 Å². The second-order valence-electron chi connectivity index (χ2n) is 13.7. The number of Topliss-reactive ketones (excluding diaryl/α,β-unsaturated/α-hetero) is 2. The van der Waals surface area contributed by atoms with Gasteiger partial charge in [0.1, 0.15) is 0 Å². The van der Waals surface area contributed by atoms with Crippen molar-refractivity contribution < 1.29 is 34.2 Å². The zero-order valence-electron chi connectivity index (χ0n) is 30.5. The molecule has 0 unspecified atom stereocenters. The van der Waals surface area contributed by atoms with E-state index in [0.717, 1.165) is 51.4 Å². The van der Waals surface area contributed by atoms with Gasteiger partial charge in [0.15, 0.2) is 17.6 Å². The lowest BCUT2D eigenvalue weighted by atomic mass is 9.69. The first-order valence-electron chi connectivity index (χ1n) is 19.4. The molecule has 0 aliphatic rings. The summed E-state index contributed by atoms with van der Waals surface area (Å²) in [4.78, 5) is 65.9. The van der Waals surface area contributed by atoms with Crippen molar-refractivity contribution >= 4 is 29.4 Å². The van der Waals surface area contributed by atoms with E-state index in [1.807, 2.05) is 0 Å². The fourth-order valence-electron chi connectivity index (χ4n) is 6.38. The largest absolute Gasteiger partial charge is 0.480 e. The Morgan fingerprint density at radius 3 is 1.23 bits per heavy atom. The molecule has 7 N–H and O–H groups in total. The summed E-state index contributed by atoms with van der Waals surface area (Å²) in [5.41, 5.74) is 8.56. The molecule has 0 bridgehead atoms. The molecule has 0 aliphatic heterocycles.